The molecule has 0 aromatic heterocycles. The van der Waals surface area contributed by atoms with E-state index in [-0.39, 0.29) is 6.03 Å². The summed E-state index contributed by atoms with van der Waals surface area (Å²) >= 11 is 0. The highest BCUT2D eigenvalue weighted by Gasteiger charge is 2.10. The molecule has 0 aliphatic heterocycles. The maximum atomic E-state index is 11.5. The van der Waals surface area contributed by atoms with Crippen LogP contribution in [0.1, 0.15) is 25.3 Å². The van der Waals surface area contributed by atoms with Crippen molar-refractivity contribution in [3.8, 4) is 5.75 Å². The van der Waals surface area contributed by atoms with Crippen molar-refractivity contribution in [2.45, 2.75) is 19.8 Å². The normalized spacial score (nSPS) is 10.2. The number of rotatable bonds is 3. The minimum atomic E-state index is -0.134. The highest BCUT2D eigenvalue weighted by atomic mass is 16.5. The monoisotopic (exact) mass is 236 g/mol. The van der Waals surface area contributed by atoms with Gasteiger partial charge in [-0.05, 0) is 29.7 Å². The molecule has 0 aliphatic rings. The Balaban J connectivity index is 2.96. The van der Waals surface area contributed by atoms with Crippen molar-refractivity contribution in [3.63, 3.8) is 0 Å². The summed E-state index contributed by atoms with van der Waals surface area (Å²) in [5, 5.41) is 2.82. The number of nitrogens with zero attached hydrogens (tertiary/aromatic N) is 1. The Kier molecular flexibility index (Phi) is 4.37. The fraction of sp³-hybridized carbons (Fsp3) is 0.462. The minimum absolute atomic E-state index is 0.134. The number of benzene rings is 1. The van der Waals surface area contributed by atoms with Gasteiger partial charge in [0.25, 0.3) is 0 Å². The van der Waals surface area contributed by atoms with E-state index in [9.17, 15) is 4.79 Å². The van der Waals surface area contributed by atoms with Crippen LogP contribution in [-0.4, -0.2) is 32.1 Å². The molecule has 17 heavy (non-hydrogen) atoms. The standard InChI is InChI=1S/C13H20N2O2/c1-9(2)11-8-10(6-7-12(11)17-5)14-13(16)15(3)4/h6-9H,1-5H3,(H,14,16). The molecule has 0 radical (unpaired) electrons. The lowest BCUT2D eigenvalue weighted by molar-refractivity contribution is 0.230. The summed E-state index contributed by atoms with van der Waals surface area (Å²) in [5.74, 6) is 1.20. The van der Waals surface area contributed by atoms with Gasteiger partial charge in [0, 0.05) is 19.8 Å². The predicted octanol–water partition coefficient (Wildman–Crippen LogP) is 2.91. The van der Waals surface area contributed by atoms with Crippen LogP contribution in [0.2, 0.25) is 0 Å². The molecule has 0 fully saturated rings. The number of methoxy groups -OCH3 is 1. The second-order valence-electron chi connectivity index (χ2n) is 4.44. The summed E-state index contributed by atoms with van der Waals surface area (Å²) in [7, 11) is 5.07. The maximum Gasteiger partial charge on any atom is 0.321 e. The number of amides is 2. The van der Waals surface area contributed by atoms with E-state index in [0.29, 0.717) is 5.92 Å². The highest BCUT2D eigenvalue weighted by Crippen LogP contribution is 2.29. The Morgan fingerprint density at radius 3 is 2.47 bits per heavy atom. The fourth-order valence-electron chi connectivity index (χ4n) is 1.50. The van der Waals surface area contributed by atoms with Crippen molar-refractivity contribution < 1.29 is 9.53 Å². The van der Waals surface area contributed by atoms with Gasteiger partial charge in [0.1, 0.15) is 5.75 Å². The zero-order valence-electron chi connectivity index (χ0n) is 11.1. The Morgan fingerprint density at radius 2 is 2.00 bits per heavy atom. The molecule has 1 aromatic rings. The Bertz CT molecular complexity index is 400. The van der Waals surface area contributed by atoms with E-state index in [1.54, 1.807) is 21.2 Å². The SMILES string of the molecule is COc1ccc(NC(=O)N(C)C)cc1C(C)C. The molecule has 1 aromatic carbocycles. The molecule has 94 valence electrons. The van der Waals surface area contributed by atoms with Crippen molar-refractivity contribution in [2.24, 2.45) is 0 Å². The van der Waals surface area contributed by atoms with Crippen molar-refractivity contribution in [3.05, 3.63) is 23.8 Å². The zero-order valence-corrected chi connectivity index (χ0v) is 11.1. The van der Waals surface area contributed by atoms with E-state index in [0.717, 1.165) is 17.0 Å². The largest absolute Gasteiger partial charge is 0.496 e. The number of nitrogens with one attached hydrogen (secondary N) is 1. The lowest BCUT2D eigenvalue weighted by atomic mass is 10.0. The van der Waals surface area contributed by atoms with Crippen LogP contribution in [-0.2, 0) is 0 Å². The Hall–Kier alpha value is -1.71. The third kappa shape index (κ3) is 3.37. The van der Waals surface area contributed by atoms with Crippen molar-refractivity contribution in [2.75, 3.05) is 26.5 Å². The van der Waals surface area contributed by atoms with Crippen molar-refractivity contribution in [1.82, 2.24) is 4.90 Å². The van der Waals surface area contributed by atoms with Crippen LogP contribution in [0.4, 0.5) is 10.5 Å². The van der Waals surface area contributed by atoms with E-state index in [1.165, 1.54) is 4.90 Å². The highest BCUT2D eigenvalue weighted by molar-refractivity contribution is 5.89. The molecule has 1 N–H and O–H groups in total. The molecule has 4 nitrogen and oxygen atoms in total. The summed E-state index contributed by atoms with van der Waals surface area (Å²) in [6.07, 6.45) is 0. The second kappa shape index (κ2) is 5.57. The van der Waals surface area contributed by atoms with Crippen LogP contribution in [0.3, 0.4) is 0 Å². The van der Waals surface area contributed by atoms with Gasteiger partial charge >= 0.3 is 6.03 Å². The minimum Gasteiger partial charge on any atom is -0.496 e. The zero-order chi connectivity index (χ0) is 13.0. The number of urea groups is 1. The maximum absolute atomic E-state index is 11.5. The number of carbonyl (C=O) groups is 1. The van der Waals surface area contributed by atoms with E-state index in [2.05, 4.69) is 19.2 Å². The van der Waals surface area contributed by atoms with Crippen molar-refractivity contribution in [1.29, 1.82) is 0 Å². The second-order valence-corrected chi connectivity index (χ2v) is 4.44. The van der Waals surface area contributed by atoms with Gasteiger partial charge in [-0.25, -0.2) is 4.79 Å². The number of anilines is 1. The smallest absolute Gasteiger partial charge is 0.321 e. The summed E-state index contributed by atoms with van der Waals surface area (Å²) in [5.41, 5.74) is 1.87. The number of ether oxygens (including phenoxy) is 1. The molecular formula is C13H20N2O2. The summed E-state index contributed by atoms with van der Waals surface area (Å²) in [6, 6.07) is 5.53. The third-order valence-corrected chi connectivity index (χ3v) is 2.51. The number of carbonyl (C=O) groups excluding carboxylic acids is 1. The molecule has 4 heteroatoms. The molecule has 0 atom stereocenters. The molecular weight excluding hydrogens is 216 g/mol. The van der Waals surface area contributed by atoms with Crippen LogP contribution < -0.4 is 10.1 Å². The average Bonchev–Trinajstić information content (AvgIpc) is 2.28. The van der Waals surface area contributed by atoms with Crippen LogP contribution in [0.15, 0.2) is 18.2 Å². The molecule has 0 heterocycles. The van der Waals surface area contributed by atoms with Gasteiger partial charge in [0.05, 0.1) is 7.11 Å². The molecule has 0 saturated carbocycles. The van der Waals surface area contributed by atoms with Gasteiger partial charge in [-0.15, -0.1) is 0 Å². The van der Waals surface area contributed by atoms with Crippen molar-refractivity contribution >= 4 is 11.7 Å². The van der Waals surface area contributed by atoms with E-state index < -0.39 is 0 Å². The van der Waals surface area contributed by atoms with Gasteiger partial charge < -0.3 is 15.0 Å². The first-order valence-corrected chi connectivity index (χ1v) is 5.62. The van der Waals surface area contributed by atoms with Gasteiger partial charge in [-0.3, -0.25) is 0 Å². The summed E-state index contributed by atoms with van der Waals surface area (Å²) < 4.78 is 5.29. The van der Waals surface area contributed by atoms with E-state index in [4.69, 9.17) is 4.74 Å². The lowest BCUT2D eigenvalue weighted by Crippen LogP contribution is -2.27. The molecule has 2 amide bonds. The molecule has 0 aliphatic carbocycles. The van der Waals surface area contributed by atoms with Gasteiger partial charge in [0.2, 0.25) is 0 Å². The van der Waals surface area contributed by atoms with Crippen LogP contribution in [0, 0.1) is 0 Å². The summed E-state index contributed by atoms with van der Waals surface area (Å²) in [4.78, 5) is 13.0. The third-order valence-electron chi connectivity index (χ3n) is 2.51. The predicted molar refractivity (Wildman–Crippen MR) is 69.8 cm³/mol. The van der Waals surface area contributed by atoms with Crippen LogP contribution in [0.5, 0.6) is 5.75 Å². The molecule has 1 rings (SSSR count). The first-order chi connectivity index (χ1) is 7.95. The first-order valence-electron chi connectivity index (χ1n) is 5.62. The van der Waals surface area contributed by atoms with Gasteiger partial charge in [-0.2, -0.15) is 0 Å². The van der Waals surface area contributed by atoms with E-state index in [1.807, 2.05) is 18.2 Å². The lowest BCUT2D eigenvalue weighted by Gasteiger charge is -2.16. The Morgan fingerprint density at radius 1 is 1.35 bits per heavy atom. The van der Waals surface area contributed by atoms with E-state index >= 15 is 0 Å². The Labute approximate surface area is 103 Å². The fourth-order valence-corrected chi connectivity index (χ4v) is 1.50. The summed E-state index contributed by atoms with van der Waals surface area (Å²) in [6.45, 7) is 4.19. The number of hydrogen-bond donors (Lipinski definition) is 1. The van der Waals surface area contributed by atoms with Crippen LogP contribution in [0.25, 0.3) is 0 Å². The molecule has 0 saturated heterocycles. The number of hydrogen-bond acceptors (Lipinski definition) is 2. The van der Waals surface area contributed by atoms with Gasteiger partial charge in [-0.1, -0.05) is 13.8 Å². The molecule has 0 spiro atoms. The molecule has 0 bridgehead atoms. The quantitative estimate of drug-likeness (QED) is 0.876. The average molecular weight is 236 g/mol. The topological polar surface area (TPSA) is 41.6 Å². The van der Waals surface area contributed by atoms with Gasteiger partial charge in [0.15, 0.2) is 0 Å². The molecule has 0 unspecified atom stereocenters. The van der Waals surface area contributed by atoms with Crippen LogP contribution >= 0.6 is 0 Å². The first kappa shape index (κ1) is 13.4.